The molecule has 0 heterocycles. The summed E-state index contributed by atoms with van der Waals surface area (Å²) in [7, 11) is 0. The SMILES string of the molecule is CC(/N=C/c1ccccc1-c1ccccc1)c1c(Cl)cccc1Cl. The maximum Gasteiger partial charge on any atom is 0.0750 e. The average Bonchev–Trinajstić information content (AvgIpc) is 2.61. The van der Waals surface area contributed by atoms with E-state index in [1.54, 1.807) is 0 Å². The molecule has 0 saturated heterocycles. The predicted octanol–water partition coefficient (Wildman–Crippen LogP) is 6.84. The molecule has 0 aliphatic rings. The Hall–Kier alpha value is -2.09. The van der Waals surface area contributed by atoms with Gasteiger partial charge in [0.2, 0.25) is 0 Å². The van der Waals surface area contributed by atoms with Gasteiger partial charge in [0.05, 0.1) is 6.04 Å². The van der Waals surface area contributed by atoms with Crippen LogP contribution in [0.1, 0.15) is 24.1 Å². The van der Waals surface area contributed by atoms with Crippen LogP contribution in [0, 0.1) is 0 Å². The zero-order valence-electron chi connectivity index (χ0n) is 13.3. The molecule has 0 saturated carbocycles. The summed E-state index contributed by atoms with van der Waals surface area (Å²) in [5.74, 6) is 0. The molecule has 0 radical (unpaired) electrons. The normalized spacial score (nSPS) is 12.5. The number of benzene rings is 3. The van der Waals surface area contributed by atoms with Gasteiger partial charge in [-0.2, -0.15) is 0 Å². The van der Waals surface area contributed by atoms with Gasteiger partial charge in [0.15, 0.2) is 0 Å². The van der Waals surface area contributed by atoms with Crippen molar-refractivity contribution in [3.63, 3.8) is 0 Å². The molecule has 0 amide bonds. The van der Waals surface area contributed by atoms with Gasteiger partial charge in [-0.05, 0) is 30.2 Å². The van der Waals surface area contributed by atoms with Gasteiger partial charge >= 0.3 is 0 Å². The molecule has 0 N–H and O–H groups in total. The molecule has 1 nitrogen and oxygen atoms in total. The average molecular weight is 354 g/mol. The Kier molecular flexibility index (Phi) is 5.34. The summed E-state index contributed by atoms with van der Waals surface area (Å²) in [5.41, 5.74) is 4.25. The first kappa shape index (κ1) is 16.8. The third kappa shape index (κ3) is 3.69. The molecule has 0 fully saturated rings. The molecule has 24 heavy (non-hydrogen) atoms. The van der Waals surface area contributed by atoms with E-state index in [9.17, 15) is 0 Å². The minimum absolute atomic E-state index is 0.116. The summed E-state index contributed by atoms with van der Waals surface area (Å²) in [6, 6.07) is 23.9. The van der Waals surface area contributed by atoms with Crippen molar-refractivity contribution in [2.24, 2.45) is 4.99 Å². The van der Waals surface area contributed by atoms with E-state index in [0.29, 0.717) is 10.0 Å². The minimum Gasteiger partial charge on any atom is -0.285 e. The van der Waals surface area contributed by atoms with Crippen LogP contribution in [-0.4, -0.2) is 6.21 Å². The second-order valence-corrected chi connectivity index (χ2v) is 6.36. The summed E-state index contributed by atoms with van der Waals surface area (Å²) in [5, 5.41) is 1.28. The van der Waals surface area contributed by atoms with Gasteiger partial charge in [0.1, 0.15) is 0 Å². The van der Waals surface area contributed by atoms with Crippen LogP contribution in [0.4, 0.5) is 0 Å². The molecular formula is C21H17Cl2N. The monoisotopic (exact) mass is 353 g/mol. The van der Waals surface area contributed by atoms with E-state index in [4.69, 9.17) is 23.2 Å². The number of aliphatic imine (C=N–C) groups is 1. The summed E-state index contributed by atoms with van der Waals surface area (Å²) < 4.78 is 0. The molecule has 3 aromatic carbocycles. The van der Waals surface area contributed by atoms with Crippen molar-refractivity contribution in [2.75, 3.05) is 0 Å². The summed E-state index contributed by atoms with van der Waals surface area (Å²) in [4.78, 5) is 4.68. The minimum atomic E-state index is -0.116. The van der Waals surface area contributed by atoms with Gasteiger partial charge in [-0.3, -0.25) is 4.99 Å². The van der Waals surface area contributed by atoms with Crippen LogP contribution in [0.15, 0.2) is 77.8 Å². The first-order valence-corrected chi connectivity index (χ1v) is 8.54. The van der Waals surface area contributed by atoms with E-state index in [-0.39, 0.29) is 6.04 Å². The van der Waals surface area contributed by atoms with Crippen molar-refractivity contribution < 1.29 is 0 Å². The standard InChI is InChI=1S/C21H17Cl2N/c1-15(21-19(22)12-7-13-20(21)23)24-14-17-10-5-6-11-18(17)16-8-3-2-4-9-16/h2-15H,1H3/b24-14+. The van der Waals surface area contributed by atoms with Gasteiger partial charge in [-0.15, -0.1) is 0 Å². The molecule has 0 aromatic heterocycles. The molecule has 1 unspecified atom stereocenters. The van der Waals surface area contributed by atoms with E-state index in [1.165, 1.54) is 5.56 Å². The molecule has 120 valence electrons. The molecule has 0 spiro atoms. The first-order chi connectivity index (χ1) is 11.7. The first-order valence-electron chi connectivity index (χ1n) is 7.78. The van der Waals surface area contributed by atoms with Crippen molar-refractivity contribution in [2.45, 2.75) is 13.0 Å². The highest BCUT2D eigenvalue weighted by atomic mass is 35.5. The fourth-order valence-electron chi connectivity index (χ4n) is 2.67. The molecule has 3 heteroatoms. The Morgan fingerprint density at radius 1 is 0.792 bits per heavy atom. The molecule has 0 bridgehead atoms. The molecule has 0 aliphatic carbocycles. The molecule has 3 aromatic rings. The lowest BCUT2D eigenvalue weighted by molar-refractivity contribution is 0.826. The molecular weight excluding hydrogens is 337 g/mol. The fraction of sp³-hybridized carbons (Fsp3) is 0.0952. The van der Waals surface area contributed by atoms with Gasteiger partial charge in [0, 0.05) is 27.4 Å². The lowest BCUT2D eigenvalue weighted by atomic mass is 10.0. The maximum absolute atomic E-state index is 6.27. The van der Waals surface area contributed by atoms with E-state index in [2.05, 4.69) is 29.3 Å². The molecule has 0 aliphatic heterocycles. The van der Waals surface area contributed by atoms with Crippen molar-refractivity contribution in [3.05, 3.63) is 94.0 Å². The van der Waals surface area contributed by atoms with Gasteiger partial charge < -0.3 is 0 Å². The van der Waals surface area contributed by atoms with Gasteiger partial charge in [-0.25, -0.2) is 0 Å². The van der Waals surface area contributed by atoms with E-state index in [0.717, 1.165) is 16.7 Å². The fourth-order valence-corrected chi connectivity index (χ4v) is 3.38. The van der Waals surface area contributed by atoms with E-state index in [1.807, 2.05) is 61.7 Å². The molecule has 3 rings (SSSR count). The quantitative estimate of drug-likeness (QED) is 0.455. The highest BCUT2D eigenvalue weighted by Gasteiger charge is 2.12. The lowest BCUT2D eigenvalue weighted by Crippen LogP contribution is -1.95. The highest BCUT2D eigenvalue weighted by Crippen LogP contribution is 2.32. The third-order valence-corrected chi connectivity index (χ3v) is 4.56. The van der Waals surface area contributed by atoms with Crippen LogP contribution < -0.4 is 0 Å². The molecule has 1 atom stereocenters. The number of rotatable bonds is 4. The second-order valence-electron chi connectivity index (χ2n) is 5.54. The van der Waals surface area contributed by atoms with E-state index < -0.39 is 0 Å². The summed E-state index contributed by atoms with van der Waals surface area (Å²) in [6.07, 6.45) is 1.90. The number of nitrogens with zero attached hydrogens (tertiary/aromatic N) is 1. The predicted molar refractivity (Wildman–Crippen MR) is 104 cm³/mol. The number of hydrogen-bond acceptors (Lipinski definition) is 1. The Morgan fingerprint density at radius 2 is 1.42 bits per heavy atom. The Bertz CT molecular complexity index is 836. The largest absolute Gasteiger partial charge is 0.285 e. The Balaban J connectivity index is 1.93. The van der Waals surface area contributed by atoms with Gasteiger partial charge in [-0.1, -0.05) is 83.9 Å². The number of hydrogen-bond donors (Lipinski definition) is 0. The van der Waals surface area contributed by atoms with E-state index >= 15 is 0 Å². The van der Waals surface area contributed by atoms with Crippen LogP contribution >= 0.6 is 23.2 Å². The number of halogens is 2. The van der Waals surface area contributed by atoms with Gasteiger partial charge in [0.25, 0.3) is 0 Å². The Morgan fingerprint density at radius 3 is 2.12 bits per heavy atom. The van der Waals surface area contributed by atoms with Crippen molar-refractivity contribution >= 4 is 29.4 Å². The van der Waals surface area contributed by atoms with Crippen molar-refractivity contribution in [3.8, 4) is 11.1 Å². The zero-order valence-corrected chi connectivity index (χ0v) is 14.8. The van der Waals surface area contributed by atoms with Crippen LogP contribution in [0.3, 0.4) is 0 Å². The summed E-state index contributed by atoms with van der Waals surface area (Å²) >= 11 is 12.5. The van der Waals surface area contributed by atoms with Crippen LogP contribution in [0.5, 0.6) is 0 Å². The van der Waals surface area contributed by atoms with Crippen LogP contribution in [0.25, 0.3) is 11.1 Å². The van der Waals surface area contributed by atoms with Crippen LogP contribution in [0.2, 0.25) is 10.0 Å². The highest BCUT2D eigenvalue weighted by molar-refractivity contribution is 6.36. The van der Waals surface area contributed by atoms with Crippen molar-refractivity contribution in [1.82, 2.24) is 0 Å². The lowest BCUT2D eigenvalue weighted by Gasteiger charge is -2.12. The topological polar surface area (TPSA) is 12.4 Å². The zero-order chi connectivity index (χ0) is 16.9. The second kappa shape index (κ2) is 7.65. The Labute approximate surface area is 152 Å². The summed E-state index contributed by atoms with van der Waals surface area (Å²) in [6.45, 7) is 1.99. The third-order valence-electron chi connectivity index (χ3n) is 3.90. The van der Waals surface area contributed by atoms with Crippen molar-refractivity contribution in [1.29, 1.82) is 0 Å². The maximum atomic E-state index is 6.27. The van der Waals surface area contributed by atoms with Crippen LogP contribution in [-0.2, 0) is 0 Å². The smallest absolute Gasteiger partial charge is 0.0750 e.